The van der Waals surface area contributed by atoms with Gasteiger partial charge in [-0.05, 0) is 18.4 Å². The van der Waals surface area contributed by atoms with Crippen molar-refractivity contribution < 1.29 is 14.4 Å². The molecule has 1 atom stereocenters. The van der Waals surface area contributed by atoms with E-state index in [1.165, 1.54) is 0 Å². The summed E-state index contributed by atoms with van der Waals surface area (Å²) < 4.78 is 0. The summed E-state index contributed by atoms with van der Waals surface area (Å²) in [5.74, 6) is -0.445. The summed E-state index contributed by atoms with van der Waals surface area (Å²) in [6, 6.07) is 8.46. The molecule has 1 aliphatic heterocycles. The van der Waals surface area contributed by atoms with Gasteiger partial charge in [-0.2, -0.15) is 0 Å². The third kappa shape index (κ3) is 3.10. The largest absolute Gasteiger partial charge is 0.354 e. The summed E-state index contributed by atoms with van der Waals surface area (Å²) >= 11 is 0. The zero-order valence-corrected chi connectivity index (χ0v) is 13.1. The summed E-state index contributed by atoms with van der Waals surface area (Å²) in [5, 5.41) is 5.38. The van der Waals surface area contributed by atoms with Gasteiger partial charge in [0.1, 0.15) is 12.1 Å². The van der Waals surface area contributed by atoms with Gasteiger partial charge in [-0.3, -0.25) is 14.5 Å². The van der Waals surface area contributed by atoms with Gasteiger partial charge in [0.05, 0.1) is 0 Å². The number of urea groups is 1. The van der Waals surface area contributed by atoms with Crippen LogP contribution in [0.1, 0.15) is 26.3 Å². The first-order valence-corrected chi connectivity index (χ1v) is 7.31. The van der Waals surface area contributed by atoms with E-state index in [1.54, 1.807) is 31.2 Å². The zero-order valence-electron chi connectivity index (χ0n) is 13.1. The quantitative estimate of drug-likeness (QED) is 0.803. The van der Waals surface area contributed by atoms with Crippen LogP contribution < -0.4 is 10.6 Å². The van der Waals surface area contributed by atoms with Crippen molar-refractivity contribution in [3.05, 3.63) is 35.9 Å². The molecule has 6 nitrogen and oxygen atoms in total. The maximum absolute atomic E-state index is 12.6. The Morgan fingerprint density at radius 2 is 1.91 bits per heavy atom. The molecule has 0 radical (unpaired) electrons. The molecule has 0 aromatic heterocycles. The summed E-state index contributed by atoms with van der Waals surface area (Å²) in [7, 11) is 0. The van der Waals surface area contributed by atoms with Crippen molar-refractivity contribution in [2.75, 3.05) is 13.1 Å². The fraction of sp³-hybridized carbons (Fsp3) is 0.438. The molecule has 1 fully saturated rings. The fourth-order valence-electron chi connectivity index (χ4n) is 2.33. The first-order chi connectivity index (χ1) is 10.3. The SMILES string of the molecule is CC(C)CNC(=O)CN1C(=O)NC(C)(c2ccccc2)C1=O. The predicted molar refractivity (Wildman–Crippen MR) is 81.9 cm³/mol. The van der Waals surface area contributed by atoms with Gasteiger partial charge in [-0.25, -0.2) is 4.79 Å². The zero-order chi connectivity index (χ0) is 16.3. The number of carbonyl (C=O) groups excluding carboxylic acids is 3. The predicted octanol–water partition coefficient (Wildman–Crippen LogP) is 1.23. The number of nitrogens with one attached hydrogen (secondary N) is 2. The highest BCUT2D eigenvalue weighted by Crippen LogP contribution is 2.28. The third-order valence-electron chi connectivity index (χ3n) is 3.64. The number of hydrogen-bond acceptors (Lipinski definition) is 3. The van der Waals surface area contributed by atoms with E-state index in [2.05, 4.69) is 10.6 Å². The van der Waals surface area contributed by atoms with Crippen LogP contribution in [0.3, 0.4) is 0 Å². The normalized spacial score (nSPS) is 21.2. The number of benzene rings is 1. The Kier molecular flexibility index (Phi) is 4.49. The second-order valence-electron chi connectivity index (χ2n) is 6.01. The molecule has 0 aliphatic carbocycles. The van der Waals surface area contributed by atoms with Gasteiger partial charge in [0, 0.05) is 6.54 Å². The summed E-state index contributed by atoms with van der Waals surface area (Å²) in [6.07, 6.45) is 0. The van der Waals surface area contributed by atoms with Crippen molar-refractivity contribution in [1.29, 1.82) is 0 Å². The summed E-state index contributed by atoms with van der Waals surface area (Å²) in [5.41, 5.74) is -0.435. The van der Waals surface area contributed by atoms with Crippen molar-refractivity contribution in [2.24, 2.45) is 5.92 Å². The molecule has 1 heterocycles. The summed E-state index contributed by atoms with van der Waals surface area (Å²) in [4.78, 5) is 37.5. The highest BCUT2D eigenvalue weighted by atomic mass is 16.2. The number of amides is 4. The topological polar surface area (TPSA) is 78.5 Å². The maximum Gasteiger partial charge on any atom is 0.325 e. The van der Waals surface area contributed by atoms with Crippen molar-refractivity contribution >= 4 is 17.8 Å². The Labute approximate surface area is 129 Å². The molecule has 1 aromatic carbocycles. The first-order valence-electron chi connectivity index (χ1n) is 7.31. The number of imide groups is 1. The van der Waals surface area contributed by atoms with E-state index in [0.29, 0.717) is 18.0 Å². The number of carbonyl (C=O) groups is 3. The van der Waals surface area contributed by atoms with Gasteiger partial charge in [0.2, 0.25) is 5.91 Å². The minimum atomic E-state index is -1.13. The molecule has 2 N–H and O–H groups in total. The Balaban J connectivity index is 2.11. The Morgan fingerprint density at radius 1 is 1.27 bits per heavy atom. The van der Waals surface area contributed by atoms with Gasteiger partial charge < -0.3 is 10.6 Å². The van der Waals surface area contributed by atoms with Crippen LogP contribution in [0.2, 0.25) is 0 Å². The monoisotopic (exact) mass is 303 g/mol. The molecule has 1 saturated heterocycles. The third-order valence-corrected chi connectivity index (χ3v) is 3.64. The van der Waals surface area contributed by atoms with E-state index >= 15 is 0 Å². The molecule has 0 spiro atoms. The first kappa shape index (κ1) is 16.0. The highest BCUT2D eigenvalue weighted by molar-refractivity contribution is 6.09. The summed E-state index contributed by atoms with van der Waals surface area (Å²) in [6.45, 7) is 5.84. The lowest BCUT2D eigenvalue weighted by Gasteiger charge is -2.22. The second-order valence-corrected chi connectivity index (χ2v) is 6.01. The van der Waals surface area contributed by atoms with Crippen LogP contribution in [0, 0.1) is 5.92 Å². The molecule has 0 saturated carbocycles. The minimum absolute atomic E-state index is 0.264. The smallest absolute Gasteiger partial charge is 0.325 e. The van der Waals surface area contributed by atoms with Gasteiger partial charge in [-0.15, -0.1) is 0 Å². The lowest BCUT2D eigenvalue weighted by molar-refractivity contribution is -0.134. The average Bonchev–Trinajstić information content (AvgIpc) is 2.70. The van der Waals surface area contributed by atoms with E-state index in [0.717, 1.165) is 4.90 Å². The Hall–Kier alpha value is -2.37. The molecule has 0 bridgehead atoms. The van der Waals surface area contributed by atoms with Crippen LogP contribution in [0.5, 0.6) is 0 Å². The average molecular weight is 303 g/mol. The lowest BCUT2D eigenvalue weighted by atomic mass is 9.92. The van der Waals surface area contributed by atoms with E-state index in [-0.39, 0.29) is 12.5 Å². The van der Waals surface area contributed by atoms with Gasteiger partial charge in [0.25, 0.3) is 5.91 Å². The standard InChI is InChI=1S/C16H21N3O3/c1-11(2)9-17-13(20)10-19-14(21)16(3,18-15(19)22)12-7-5-4-6-8-12/h4-8,11H,9-10H2,1-3H3,(H,17,20)(H,18,22). The lowest BCUT2D eigenvalue weighted by Crippen LogP contribution is -2.43. The van der Waals surface area contributed by atoms with Crippen LogP contribution in [-0.4, -0.2) is 35.8 Å². The van der Waals surface area contributed by atoms with Crippen molar-refractivity contribution in [3.8, 4) is 0 Å². The molecule has 1 aliphatic rings. The Bertz CT molecular complexity index is 586. The van der Waals surface area contributed by atoms with E-state index in [4.69, 9.17) is 0 Å². The molecule has 2 rings (SSSR count). The van der Waals surface area contributed by atoms with Crippen molar-refractivity contribution in [1.82, 2.24) is 15.5 Å². The van der Waals surface area contributed by atoms with Gasteiger partial charge >= 0.3 is 6.03 Å². The molecule has 1 unspecified atom stereocenters. The van der Waals surface area contributed by atoms with E-state index in [9.17, 15) is 14.4 Å². The Morgan fingerprint density at radius 3 is 2.50 bits per heavy atom. The second kappa shape index (κ2) is 6.17. The van der Waals surface area contributed by atoms with Gasteiger partial charge in [0.15, 0.2) is 0 Å². The van der Waals surface area contributed by atoms with Crippen molar-refractivity contribution in [3.63, 3.8) is 0 Å². The highest BCUT2D eigenvalue weighted by Gasteiger charge is 2.49. The van der Waals surface area contributed by atoms with Crippen molar-refractivity contribution in [2.45, 2.75) is 26.3 Å². The number of rotatable bonds is 5. The van der Waals surface area contributed by atoms with E-state index in [1.807, 2.05) is 19.9 Å². The van der Waals surface area contributed by atoms with Crippen LogP contribution >= 0.6 is 0 Å². The molecular formula is C16H21N3O3. The molecule has 118 valence electrons. The molecular weight excluding hydrogens is 282 g/mol. The van der Waals surface area contributed by atoms with Crippen LogP contribution in [0.15, 0.2) is 30.3 Å². The number of hydrogen-bond donors (Lipinski definition) is 2. The molecule has 4 amide bonds. The minimum Gasteiger partial charge on any atom is -0.354 e. The molecule has 6 heteroatoms. The van der Waals surface area contributed by atoms with Crippen LogP contribution in [0.4, 0.5) is 4.79 Å². The van der Waals surface area contributed by atoms with E-state index < -0.39 is 17.5 Å². The molecule has 22 heavy (non-hydrogen) atoms. The maximum atomic E-state index is 12.6. The number of nitrogens with zero attached hydrogens (tertiary/aromatic N) is 1. The van der Waals surface area contributed by atoms with Gasteiger partial charge in [-0.1, -0.05) is 44.2 Å². The molecule has 1 aromatic rings. The van der Waals surface area contributed by atoms with Crippen LogP contribution in [-0.2, 0) is 15.1 Å². The van der Waals surface area contributed by atoms with Crippen LogP contribution in [0.25, 0.3) is 0 Å². The fourth-order valence-corrected chi connectivity index (χ4v) is 2.33.